The highest BCUT2D eigenvalue weighted by atomic mass is 32.1. The van der Waals surface area contributed by atoms with Crippen LogP contribution in [0.25, 0.3) is 0 Å². The quantitative estimate of drug-likeness (QED) is 0.907. The largest absolute Gasteiger partial charge is 0.507 e. The Bertz CT molecular complexity index is 753. The average molecular weight is 330 g/mol. The molecular weight excluding hydrogens is 310 g/mol. The number of ether oxygens (including phenoxy) is 2. The normalized spacial score (nSPS) is 25.4. The lowest BCUT2D eigenvalue weighted by Gasteiger charge is -2.33. The minimum absolute atomic E-state index is 0.248. The topological polar surface area (TPSA) is 43.1 Å². The molecule has 1 aliphatic carbocycles. The van der Waals surface area contributed by atoms with Gasteiger partial charge in [0.2, 0.25) is 6.79 Å². The zero-order valence-corrected chi connectivity index (χ0v) is 13.7. The Hall–Kier alpha value is -1.72. The van der Waals surface area contributed by atoms with E-state index in [4.69, 9.17) is 9.47 Å². The van der Waals surface area contributed by atoms with Crippen LogP contribution in [0.4, 0.5) is 0 Å². The van der Waals surface area contributed by atoms with E-state index in [-0.39, 0.29) is 6.79 Å². The number of quaternary nitrogens is 1. The van der Waals surface area contributed by atoms with Gasteiger partial charge in [-0.2, -0.15) is 0 Å². The maximum Gasteiger partial charge on any atom is 0.231 e. The molecule has 2 atom stereocenters. The fourth-order valence-electron chi connectivity index (χ4n) is 4.06. The van der Waals surface area contributed by atoms with Crippen LogP contribution in [0.3, 0.4) is 0 Å². The highest BCUT2D eigenvalue weighted by Gasteiger charge is 2.43. The number of hydrogen-bond acceptors (Lipinski definition) is 4. The third-order valence-electron chi connectivity index (χ3n) is 5.31. The molecule has 0 bridgehead atoms. The van der Waals surface area contributed by atoms with Gasteiger partial charge in [-0.05, 0) is 30.4 Å². The van der Waals surface area contributed by atoms with Crippen LogP contribution in [0.1, 0.15) is 34.9 Å². The molecule has 1 saturated carbocycles. The smallest absolute Gasteiger partial charge is 0.231 e. The van der Waals surface area contributed by atoms with E-state index in [2.05, 4.69) is 11.4 Å². The Kier molecular flexibility index (Phi) is 3.06. The number of nitrogens with one attached hydrogen (secondary N) is 1. The summed E-state index contributed by atoms with van der Waals surface area (Å²) in [5, 5.41) is 12.6. The van der Waals surface area contributed by atoms with E-state index in [1.165, 1.54) is 12.8 Å². The molecule has 120 valence electrons. The van der Waals surface area contributed by atoms with Crippen molar-refractivity contribution in [1.82, 2.24) is 0 Å². The fraction of sp³-hybridized carbons (Fsp3) is 0.444. The molecule has 5 heteroatoms. The van der Waals surface area contributed by atoms with Gasteiger partial charge in [-0.15, -0.1) is 11.3 Å². The van der Waals surface area contributed by atoms with E-state index in [1.807, 2.05) is 17.4 Å². The van der Waals surface area contributed by atoms with Crippen molar-refractivity contribution < 1.29 is 19.5 Å². The molecule has 0 amide bonds. The molecule has 2 N–H and O–H groups in total. The lowest BCUT2D eigenvalue weighted by atomic mass is 9.95. The van der Waals surface area contributed by atoms with Crippen LogP contribution in [-0.4, -0.2) is 18.4 Å². The first-order valence-corrected chi connectivity index (χ1v) is 9.20. The van der Waals surface area contributed by atoms with E-state index < -0.39 is 0 Å². The van der Waals surface area contributed by atoms with Gasteiger partial charge in [-0.3, -0.25) is 0 Å². The third kappa shape index (κ3) is 2.30. The molecule has 1 aromatic carbocycles. The summed E-state index contributed by atoms with van der Waals surface area (Å²) >= 11 is 1.90. The number of rotatable bonds is 3. The van der Waals surface area contributed by atoms with Crippen LogP contribution in [0.5, 0.6) is 17.2 Å². The second kappa shape index (κ2) is 5.14. The first-order chi connectivity index (χ1) is 11.3. The molecule has 0 radical (unpaired) electrons. The van der Waals surface area contributed by atoms with E-state index in [9.17, 15) is 5.11 Å². The minimum atomic E-state index is 0.248. The summed E-state index contributed by atoms with van der Waals surface area (Å²) in [6.45, 7) is 2.24. The second-order valence-electron chi connectivity index (χ2n) is 6.78. The summed E-state index contributed by atoms with van der Waals surface area (Å²) in [6, 6.07) is 6.57. The number of phenols is 1. The van der Waals surface area contributed by atoms with Crippen molar-refractivity contribution in [2.45, 2.75) is 31.8 Å². The van der Waals surface area contributed by atoms with Gasteiger partial charge < -0.3 is 19.5 Å². The molecule has 2 aliphatic heterocycles. The van der Waals surface area contributed by atoms with Gasteiger partial charge in [-0.25, -0.2) is 0 Å². The minimum Gasteiger partial charge on any atom is -0.507 e. The second-order valence-corrected chi connectivity index (χ2v) is 7.78. The van der Waals surface area contributed by atoms with Crippen molar-refractivity contribution in [3.05, 3.63) is 39.6 Å². The number of phenolic OH excluding ortho intramolecular Hbond substituents is 1. The maximum absolute atomic E-state index is 10.4. The molecular formula is C18H20NO3S+. The van der Waals surface area contributed by atoms with E-state index in [0.29, 0.717) is 17.5 Å². The van der Waals surface area contributed by atoms with Gasteiger partial charge >= 0.3 is 0 Å². The first kappa shape index (κ1) is 13.7. The standard InChI is InChI=1S/C18H19NO3S/c20-14-8-16-15(21-10-22-16)7-12(14)9-19-5-3-17-13(4-6-23-17)18(19)11-1-2-11/h4,6-8,11,18,20H,1-3,5,9-10H2/p+1/t18-/m0/s1. The van der Waals surface area contributed by atoms with Crippen LogP contribution < -0.4 is 14.4 Å². The molecule has 2 aromatic rings. The zero-order chi connectivity index (χ0) is 15.4. The number of benzene rings is 1. The molecule has 0 saturated heterocycles. The fourth-order valence-corrected chi connectivity index (χ4v) is 4.98. The Morgan fingerprint density at radius 2 is 2.04 bits per heavy atom. The van der Waals surface area contributed by atoms with Gasteiger partial charge in [-0.1, -0.05) is 0 Å². The van der Waals surface area contributed by atoms with Crippen molar-refractivity contribution >= 4 is 11.3 Å². The summed E-state index contributed by atoms with van der Waals surface area (Å²) in [5.41, 5.74) is 2.52. The monoisotopic (exact) mass is 330 g/mol. The highest BCUT2D eigenvalue weighted by Crippen LogP contribution is 2.43. The molecule has 1 aromatic heterocycles. The van der Waals surface area contributed by atoms with Gasteiger partial charge in [0.05, 0.1) is 12.1 Å². The van der Waals surface area contributed by atoms with E-state index in [0.717, 1.165) is 36.7 Å². The van der Waals surface area contributed by atoms with Crippen LogP contribution in [0, 0.1) is 5.92 Å². The van der Waals surface area contributed by atoms with Gasteiger partial charge in [0.15, 0.2) is 11.5 Å². The summed E-state index contributed by atoms with van der Waals surface area (Å²) in [4.78, 5) is 3.15. The Morgan fingerprint density at radius 3 is 2.87 bits per heavy atom. The van der Waals surface area contributed by atoms with Crippen molar-refractivity contribution in [2.75, 3.05) is 13.3 Å². The van der Waals surface area contributed by atoms with E-state index >= 15 is 0 Å². The highest BCUT2D eigenvalue weighted by molar-refractivity contribution is 7.10. The lowest BCUT2D eigenvalue weighted by Crippen LogP contribution is -3.12. The Morgan fingerprint density at radius 1 is 1.22 bits per heavy atom. The van der Waals surface area contributed by atoms with Crippen molar-refractivity contribution in [2.24, 2.45) is 5.92 Å². The Balaban J connectivity index is 1.46. The maximum atomic E-state index is 10.4. The predicted octanol–water partition coefficient (Wildman–Crippen LogP) is 2.27. The first-order valence-electron chi connectivity index (χ1n) is 8.32. The zero-order valence-electron chi connectivity index (χ0n) is 12.9. The van der Waals surface area contributed by atoms with Crippen LogP contribution in [0.15, 0.2) is 23.6 Å². The number of thiophene rings is 1. The molecule has 23 heavy (non-hydrogen) atoms. The predicted molar refractivity (Wildman–Crippen MR) is 87.3 cm³/mol. The molecule has 1 fully saturated rings. The Labute approximate surface area is 139 Å². The summed E-state index contributed by atoms with van der Waals surface area (Å²) in [6.07, 6.45) is 3.84. The van der Waals surface area contributed by atoms with Crippen LogP contribution >= 0.6 is 11.3 Å². The number of fused-ring (bicyclic) bond motifs is 2. The van der Waals surface area contributed by atoms with Gasteiger partial charge in [0.25, 0.3) is 0 Å². The van der Waals surface area contributed by atoms with Crippen molar-refractivity contribution in [1.29, 1.82) is 0 Å². The van der Waals surface area contributed by atoms with Crippen molar-refractivity contribution in [3.63, 3.8) is 0 Å². The lowest BCUT2D eigenvalue weighted by molar-refractivity contribution is -0.949. The third-order valence-corrected chi connectivity index (χ3v) is 6.31. The SMILES string of the molecule is Oc1cc2c(cc1C[NH+]1CCc3sccc3[C@@H]1C1CC1)OCO2. The molecule has 5 rings (SSSR count). The number of aromatic hydroxyl groups is 1. The average Bonchev–Trinajstić information content (AvgIpc) is 3.09. The number of hydrogen-bond donors (Lipinski definition) is 2. The van der Waals surface area contributed by atoms with Crippen LogP contribution in [-0.2, 0) is 13.0 Å². The summed E-state index contributed by atoms with van der Waals surface area (Å²) < 4.78 is 10.8. The summed E-state index contributed by atoms with van der Waals surface area (Å²) in [7, 11) is 0. The molecule has 3 heterocycles. The molecule has 4 nitrogen and oxygen atoms in total. The molecule has 1 unspecified atom stereocenters. The summed E-state index contributed by atoms with van der Waals surface area (Å²) in [5.74, 6) is 2.55. The van der Waals surface area contributed by atoms with Gasteiger partial charge in [0.1, 0.15) is 18.3 Å². The van der Waals surface area contributed by atoms with Gasteiger partial charge in [0, 0.05) is 28.8 Å². The molecule has 3 aliphatic rings. The van der Waals surface area contributed by atoms with E-state index in [1.54, 1.807) is 21.4 Å². The van der Waals surface area contributed by atoms with Crippen molar-refractivity contribution in [3.8, 4) is 17.2 Å². The van der Waals surface area contributed by atoms with Crippen LogP contribution in [0.2, 0.25) is 0 Å². The molecule has 0 spiro atoms.